The molecular formula is C24H16F4N2O2S. The molecule has 0 bridgehead atoms. The third-order valence-corrected chi connectivity index (χ3v) is 5.49. The molecule has 168 valence electrons. The number of aromatic nitrogens is 1. The summed E-state index contributed by atoms with van der Waals surface area (Å²) in [7, 11) is 0. The van der Waals surface area contributed by atoms with Gasteiger partial charge in [0.15, 0.2) is 0 Å². The van der Waals surface area contributed by atoms with Gasteiger partial charge in [-0.25, -0.2) is 9.37 Å². The second kappa shape index (κ2) is 9.41. The minimum Gasteiger partial charge on any atom is -0.488 e. The van der Waals surface area contributed by atoms with E-state index in [1.54, 1.807) is 36.4 Å². The molecule has 0 atom stereocenters. The Bertz CT molecular complexity index is 1270. The molecule has 0 spiro atoms. The maximum atomic E-state index is 13.1. The maximum Gasteiger partial charge on any atom is 0.416 e. The van der Waals surface area contributed by atoms with Crippen LogP contribution in [0.25, 0.3) is 10.6 Å². The zero-order chi connectivity index (χ0) is 23.4. The summed E-state index contributed by atoms with van der Waals surface area (Å²) in [6.07, 6.45) is -4.51. The van der Waals surface area contributed by atoms with Crippen LogP contribution in [0, 0.1) is 5.82 Å². The Kier molecular flexibility index (Phi) is 6.41. The number of alkyl halides is 3. The number of thiazole rings is 1. The first kappa shape index (κ1) is 22.5. The number of nitrogens with one attached hydrogen (secondary N) is 1. The summed E-state index contributed by atoms with van der Waals surface area (Å²) < 4.78 is 57.6. The first-order valence-corrected chi connectivity index (χ1v) is 10.6. The predicted octanol–water partition coefficient (Wildman–Crippen LogP) is 6.80. The number of hydrogen-bond acceptors (Lipinski definition) is 4. The van der Waals surface area contributed by atoms with Crippen molar-refractivity contribution in [1.29, 1.82) is 0 Å². The average Bonchev–Trinajstić information content (AvgIpc) is 3.29. The third-order valence-electron chi connectivity index (χ3n) is 4.61. The van der Waals surface area contributed by atoms with E-state index in [-0.39, 0.29) is 23.8 Å². The molecule has 0 radical (unpaired) electrons. The Morgan fingerprint density at radius 3 is 2.52 bits per heavy atom. The van der Waals surface area contributed by atoms with Gasteiger partial charge in [-0.3, -0.25) is 4.79 Å². The zero-order valence-corrected chi connectivity index (χ0v) is 17.7. The molecule has 0 unspecified atom stereocenters. The van der Waals surface area contributed by atoms with Gasteiger partial charge in [-0.1, -0.05) is 30.3 Å². The van der Waals surface area contributed by atoms with E-state index >= 15 is 0 Å². The van der Waals surface area contributed by atoms with Crippen LogP contribution in [0.3, 0.4) is 0 Å². The summed E-state index contributed by atoms with van der Waals surface area (Å²) in [4.78, 5) is 16.9. The summed E-state index contributed by atoms with van der Waals surface area (Å²) >= 11 is 1.21. The van der Waals surface area contributed by atoms with E-state index in [2.05, 4.69) is 10.3 Å². The van der Waals surface area contributed by atoms with E-state index in [9.17, 15) is 22.4 Å². The second-order valence-electron chi connectivity index (χ2n) is 6.98. The van der Waals surface area contributed by atoms with Crippen LogP contribution in [0.4, 0.5) is 23.2 Å². The molecule has 33 heavy (non-hydrogen) atoms. The molecule has 0 aliphatic rings. The van der Waals surface area contributed by atoms with Crippen molar-refractivity contribution in [3.8, 4) is 16.3 Å². The Labute approximate surface area is 190 Å². The summed E-state index contributed by atoms with van der Waals surface area (Å²) in [5.74, 6) is -0.430. The molecule has 1 aromatic heterocycles. The smallest absolute Gasteiger partial charge is 0.416 e. The van der Waals surface area contributed by atoms with Gasteiger partial charge in [0.25, 0.3) is 5.91 Å². The number of ether oxygens (including phenoxy) is 1. The molecule has 4 nitrogen and oxygen atoms in total. The zero-order valence-electron chi connectivity index (χ0n) is 16.9. The highest BCUT2D eigenvalue weighted by Gasteiger charge is 2.30. The van der Waals surface area contributed by atoms with Crippen LogP contribution in [-0.2, 0) is 12.8 Å². The first-order valence-electron chi connectivity index (χ1n) is 9.70. The maximum absolute atomic E-state index is 13.1. The molecule has 0 aliphatic carbocycles. The molecule has 0 aliphatic heterocycles. The number of amides is 1. The normalized spacial score (nSPS) is 11.3. The van der Waals surface area contributed by atoms with Gasteiger partial charge in [-0.15, -0.1) is 11.3 Å². The number of carbonyl (C=O) groups excluding carboxylic acids is 1. The lowest BCUT2D eigenvalue weighted by Crippen LogP contribution is -2.13. The molecule has 0 saturated carbocycles. The standard InChI is InChI=1S/C24H16F4N2O2S/c25-17-10-8-15(9-11-17)13-32-21-7-2-1-6-19(21)23-30-20(14-33-23)22(31)29-18-5-3-4-16(12-18)24(26,27)28/h1-12,14H,13H2,(H,29,31). The van der Waals surface area contributed by atoms with E-state index < -0.39 is 17.6 Å². The number of nitrogens with zero attached hydrogens (tertiary/aromatic N) is 1. The van der Waals surface area contributed by atoms with Crippen LogP contribution >= 0.6 is 11.3 Å². The fourth-order valence-electron chi connectivity index (χ4n) is 2.98. The molecule has 1 N–H and O–H groups in total. The van der Waals surface area contributed by atoms with E-state index in [0.29, 0.717) is 16.3 Å². The van der Waals surface area contributed by atoms with Crippen molar-refractivity contribution in [3.05, 3.63) is 101 Å². The van der Waals surface area contributed by atoms with Gasteiger partial charge in [0.05, 0.1) is 11.1 Å². The van der Waals surface area contributed by atoms with Gasteiger partial charge in [-0.2, -0.15) is 13.2 Å². The van der Waals surface area contributed by atoms with Gasteiger partial charge in [-0.05, 0) is 48.0 Å². The summed E-state index contributed by atoms with van der Waals surface area (Å²) in [5.41, 5.74) is 0.675. The molecular weight excluding hydrogens is 456 g/mol. The molecule has 4 rings (SSSR count). The number of carbonyl (C=O) groups is 1. The minimum absolute atomic E-state index is 0.0207. The Hall–Kier alpha value is -3.72. The first-order chi connectivity index (χ1) is 15.8. The Morgan fingerprint density at radius 2 is 1.76 bits per heavy atom. The van der Waals surface area contributed by atoms with Gasteiger partial charge in [0.2, 0.25) is 0 Å². The lowest BCUT2D eigenvalue weighted by Gasteiger charge is -2.10. The number of rotatable bonds is 6. The number of hydrogen-bond donors (Lipinski definition) is 1. The summed E-state index contributed by atoms with van der Waals surface area (Å²) in [5, 5.41) is 4.48. The Morgan fingerprint density at radius 1 is 1.00 bits per heavy atom. The third kappa shape index (κ3) is 5.56. The van der Waals surface area contributed by atoms with Crippen molar-refractivity contribution < 1.29 is 27.1 Å². The molecule has 4 aromatic rings. The molecule has 1 amide bonds. The van der Waals surface area contributed by atoms with Crippen LogP contribution < -0.4 is 10.1 Å². The SMILES string of the molecule is O=C(Nc1cccc(C(F)(F)F)c1)c1csc(-c2ccccc2OCc2ccc(F)cc2)n1. The average molecular weight is 472 g/mol. The van der Waals surface area contributed by atoms with Gasteiger partial charge in [0.1, 0.15) is 28.9 Å². The van der Waals surface area contributed by atoms with Crippen molar-refractivity contribution in [1.82, 2.24) is 4.98 Å². The minimum atomic E-state index is -4.51. The number of benzene rings is 3. The van der Waals surface area contributed by atoms with Crippen molar-refractivity contribution in [2.75, 3.05) is 5.32 Å². The lowest BCUT2D eigenvalue weighted by molar-refractivity contribution is -0.137. The van der Waals surface area contributed by atoms with Gasteiger partial charge in [0, 0.05) is 11.1 Å². The van der Waals surface area contributed by atoms with Crippen LogP contribution in [0.1, 0.15) is 21.6 Å². The van der Waals surface area contributed by atoms with Crippen LogP contribution in [0.5, 0.6) is 5.75 Å². The molecule has 3 aromatic carbocycles. The highest BCUT2D eigenvalue weighted by Crippen LogP contribution is 2.33. The fourth-order valence-corrected chi connectivity index (χ4v) is 3.81. The predicted molar refractivity (Wildman–Crippen MR) is 118 cm³/mol. The van der Waals surface area contributed by atoms with E-state index in [0.717, 1.165) is 17.7 Å². The van der Waals surface area contributed by atoms with Crippen LogP contribution in [-0.4, -0.2) is 10.9 Å². The topological polar surface area (TPSA) is 51.2 Å². The van der Waals surface area contributed by atoms with E-state index in [1.165, 1.54) is 41.0 Å². The van der Waals surface area contributed by atoms with Crippen molar-refractivity contribution in [2.24, 2.45) is 0 Å². The van der Waals surface area contributed by atoms with Crippen molar-refractivity contribution in [3.63, 3.8) is 0 Å². The fraction of sp³-hybridized carbons (Fsp3) is 0.0833. The van der Waals surface area contributed by atoms with Gasteiger partial charge < -0.3 is 10.1 Å². The van der Waals surface area contributed by atoms with E-state index in [4.69, 9.17) is 4.74 Å². The number of halogens is 4. The van der Waals surface area contributed by atoms with Gasteiger partial charge >= 0.3 is 6.18 Å². The molecule has 0 fully saturated rings. The number of para-hydroxylation sites is 1. The van der Waals surface area contributed by atoms with Crippen LogP contribution in [0.15, 0.2) is 78.2 Å². The van der Waals surface area contributed by atoms with Crippen molar-refractivity contribution >= 4 is 22.9 Å². The number of anilines is 1. The monoisotopic (exact) mass is 472 g/mol. The molecule has 9 heteroatoms. The Balaban J connectivity index is 1.49. The van der Waals surface area contributed by atoms with Crippen LogP contribution in [0.2, 0.25) is 0 Å². The van der Waals surface area contributed by atoms with Crippen molar-refractivity contribution in [2.45, 2.75) is 12.8 Å². The largest absolute Gasteiger partial charge is 0.488 e. The van der Waals surface area contributed by atoms with E-state index in [1.807, 2.05) is 0 Å². The highest BCUT2D eigenvalue weighted by molar-refractivity contribution is 7.13. The quantitative estimate of drug-likeness (QED) is 0.314. The second-order valence-corrected chi connectivity index (χ2v) is 7.84. The summed E-state index contributed by atoms with van der Waals surface area (Å²) in [6, 6.07) is 17.5. The summed E-state index contributed by atoms with van der Waals surface area (Å²) in [6.45, 7) is 0.214. The molecule has 1 heterocycles. The highest BCUT2D eigenvalue weighted by atomic mass is 32.1. The molecule has 0 saturated heterocycles. The lowest BCUT2D eigenvalue weighted by atomic mass is 10.2.